The van der Waals surface area contributed by atoms with Gasteiger partial charge in [-0.25, -0.2) is 0 Å². The number of likely N-dealkylation sites (tertiary alicyclic amines) is 1. The lowest BCUT2D eigenvalue weighted by atomic mass is 9.99. The van der Waals surface area contributed by atoms with Gasteiger partial charge in [-0.2, -0.15) is 0 Å². The van der Waals surface area contributed by atoms with Gasteiger partial charge >= 0.3 is 5.97 Å². The molecule has 0 radical (unpaired) electrons. The second-order valence-corrected chi connectivity index (χ2v) is 25.0. The molecule has 0 aromatic heterocycles. The van der Waals surface area contributed by atoms with Crippen LogP contribution < -0.4 is 59.3 Å². The minimum atomic E-state index is -1.79. The van der Waals surface area contributed by atoms with Crippen molar-refractivity contribution in [3.05, 3.63) is 186 Å². The first-order valence-electron chi connectivity index (χ1n) is 33.7. The molecule has 0 spiro atoms. The molecule has 26 nitrogen and oxygen atoms in total. The van der Waals surface area contributed by atoms with E-state index in [2.05, 4.69) is 47.9 Å². The van der Waals surface area contributed by atoms with E-state index in [9.17, 15) is 68.1 Å². The summed E-state index contributed by atoms with van der Waals surface area (Å²) >= 11 is 0. The SMILES string of the molecule is CC(=O)N[C@H](Cc1ccc2ccccc2c1)C(=O)N[C@H](Cc1ccccc1)C(=O)N[C@H](Cc1ccccc1)C(=O)N[C@@H](CO)C(=O)N[C@@H](Cc1ccc(O)cc1)C(=O)N[C@H](CCCCN)C(=O)N[C@@H](Cc1ccccc1)C(=O)N[C@@H](CCCCN)C(=O)N1CCC[C@@H]1C(=O)N[C@H](C)C(=O)O. The van der Waals surface area contributed by atoms with E-state index in [0.29, 0.717) is 47.9 Å². The number of hydrogen-bond acceptors (Lipinski definition) is 15. The Bertz CT molecular complexity index is 3740. The Kier molecular flexibility index (Phi) is 30.0. The zero-order chi connectivity index (χ0) is 72.1. The van der Waals surface area contributed by atoms with Crippen molar-refractivity contribution in [3.63, 3.8) is 0 Å². The zero-order valence-corrected chi connectivity index (χ0v) is 56.2. The second kappa shape index (κ2) is 39.1. The lowest BCUT2D eigenvalue weighted by Crippen LogP contribution is -2.61. The van der Waals surface area contributed by atoms with Crippen LogP contribution in [-0.2, 0) is 84.8 Å². The number of amides is 10. The van der Waals surface area contributed by atoms with E-state index in [1.54, 1.807) is 91.0 Å². The lowest BCUT2D eigenvalue weighted by Gasteiger charge is -2.30. The molecule has 7 rings (SSSR count). The molecule has 10 amide bonds. The number of unbranched alkanes of at least 4 members (excludes halogenated alkanes) is 2. The minimum Gasteiger partial charge on any atom is -0.508 e. The Hall–Kier alpha value is -10.6. The van der Waals surface area contributed by atoms with Gasteiger partial charge in [-0.15, -0.1) is 0 Å². The fourth-order valence-corrected chi connectivity index (χ4v) is 11.8. The van der Waals surface area contributed by atoms with Crippen LogP contribution in [0.3, 0.4) is 0 Å². The molecule has 1 saturated heterocycles. The zero-order valence-electron chi connectivity index (χ0n) is 56.2. The molecular weight excluding hydrogens is 1280 g/mol. The van der Waals surface area contributed by atoms with Crippen molar-refractivity contribution >= 4 is 75.8 Å². The summed E-state index contributed by atoms with van der Waals surface area (Å²) in [6.45, 7) is 2.17. The molecule has 1 aliphatic heterocycles. The molecule has 100 heavy (non-hydrogen) atoms. The van der Waals surface area contributed by atoms with E-state index in [0.717, 1.165) is 16.3 Å². The van der Waals surface area contributed by atoms with Crippen molar-refractivity contribution in [1.82, 2.24) is 52.8 Å². The van der Waals surface area contributed by atoms with Gasteiger partial charge < -0.3 is 79.5 Å². The Morgan fingerprint density at radius 1 is 0.440 bits per heavy atom. The van der Waals surface area contributed by atoms with Crippen LogP contribution in [0.1, 0.15) is 93.0 Å². The molecule has 1 aliphatic rings. The van der Waals surface area contributed by atoms with Crippen LogP contribution in [0.15, 0.2) is 158 Å². The van der Waals surface area contributed by atoms with Crippen LogP contribution in [0.2, 0.25) is 0 Å². The largest absolute Gasteiger partial charge is 0.508 e. The van der Waals surface area contributed by atoms with Gasteiger partial charge in [0, 0.05) is 45.6 Å². The number of carboxylic acids is 1. The van der Waals surface area contributed by atoms with Gasteiger partial charge in [0.05, 0.1) is 6.61 Å². The summed E-state index contributed by atoms with van der Waals surface area (Å²) < 4.78 is 0. The summed E-state index contributed by atoms with van der Waals surface area (Å²) in [4.78, 5) is 156. The molecule has 26 heteroatoms. The number of phenolic OH excluding ortho intramolecular Hbond substituents is 1. The summed E-state index contributed by atoms with van der Waals surface area (Å²) in [7, 11) is 0. The van der Waals surface area contributed by atoms with E-state index in [1.807, 2.05) is 42.5 Å². The molecule has 532 valence electrons. The van der Waals surface area contributed by atoms with Gasteiger partial charge in [-0.1, -0.05) is 146 Å². The van der Waals surface area contributed by atoms with Gasteiger partial charge in [-0.3, -0.25) is 52.7 Å². The highest BCUT2D eigenvalue weighted by atomic mass is 16.4. The van der Waals surface area contributed by atoms with E-state index in [-0.39, 0.29) is 83.2 Å². The number of nitrogens with zero attached hydrogens (tertiary/aromatic N) is 1. The number of carboxylic acid groups (broad SMARTS) is 1. The highest BCUT2D eigenvalue weighted by Crippen LogP contribution is 2.22. The summed E-state index contributed by atoms with van der Waals surface area (Å²) in [5.74, 6) is -9.20. The molecule has 6 aromatic rings. The standard InChI is InChI=1S/C74H92N12O14/c1-46(74(99)100)77-72(97)64-29-18-38-86(64)73(98)57(28-15-17-37-76)80-68(93)59(40-48-19-6-3-7-20-48)81-65(90)56(27-14-16-36-75)79-67(92)62(43-51-31-34-55(89)35-32-51)84-71(96)63(45-87)85-70(95)61(42-50-23-10-5-11-24-50)83-69(94)60(41-49-21-8-4-9-22-49)82-66(91)58(78-47(2)88)44-52-30-33-53-25-12-13-26-54(53)39-52/h3-13,19-26,30-35,39,46,56-64,87,89H,14-18,27-29,36-38,40-45,75-76H2,1-2H3,(H,77,97)(H,78,88)(H,79,92)(H,80,93)(H,81,90)(H,82,91)(H,83,94)(H,84,96)(H,85,95)(H,99,100)/t46-,56-,57+,58-,59+,60-,61-,62+,63+,64-/m1/s1. The van der Waals surface area contributed by atoms with Crippen LogP contribution >= 0.6 is 0 Å². The van der Waals surface area contributed by atoms with Crippen molar-refractivity contribution in [1.29, 1.82) is 0 Å². The molecule has 1 fully saturated rings. The number of aliphatic hydroxyl groups excluding tert-OH is 1. The Labute approximate surface area is 580 Å². The van der Waals surface area contributed by atoms with E-state index < -0.39 is 132 Å². The maximum Gasteiger partial charge on any atom is 0.325 e. The highest BCUT2D eigenvalue weighted by Gasteiger charge is 2.40. The van der Waals surface area contributed by atoms with E-state index in [4.69, 9.17) is 11.5 Å². The summed E-state index contributed by atoms with van der Waals surface area (Å²) in [6.07, 6.45) is 1.75. The number of carbonyl (C=O) groups is 11. The number of fused-ring (bicyclic) bond motifs is 1. The number of carbonyl (C=O) groups excluding carboxylic acids is 10. The Morgan fingerprint density at radius 3 is 1.26 bits per heavy atom. The van der Waals surface area contributed by atoms with Crippen LogP contribution in [-0.4, -0.2) is 172 Å². The first-order valence-corrected chi connectivity index (χ1v) is 33.7. The van der Waals surface area contributed by atoms with Crippen LogP contribution in [0, 0.1) is 0 Å². The van der Waals surface area contributed by atoms with Crippen LogP contribution in [0.4, 0.5) is 0 Å². The molecule has 0 unspecified atom stereocenters. The average Bonchev–Trinajstić information content (AvgIpc) is 1.49. The van der Waals surface area contributed by atoms with E-state index in [1.165, 1.54) is 43.0 Å². The number of aliphatic hydroxyl groups is 1. The van der Waals surface area contributed by atoms with Crippen molar-refractivity contribution < 1.29 is 68.1 Å². The molecule has 0 bridgehead atoms. The molecule has 1 heterocycles. The molecule has 0 saturated carbocycles. The highest BCUT2D eigenvalue weighted by molar-refractivity contribution is 5.99. The third-order valence-corrected chi connectivity index (χ3v) is 17.2. The number of phenols is 1. The maximum atomic E-state index is 14.9. The Morgan fingerprint density at radius 2 is 0.810 bits per heavy atom. The maximum absolute atomic E-state index is 14.9. The second-order valence-electron chi connectivity index (χ2n) is 25.0. The van der Waals surface area contributed by atoms with Crippen molar-refractivity contribution in [3.8, 4) is 5.75 Å². The summed E-state index contributed by atoms with van der Waals surface area (Å²) in [5.41, 5.74) is 14.7. The van der Waals surface area contributed by atoms with Crippen LogP contribution in [0.25, 0.3) is 10.8 Å². The molecule has 16 N–H and O–H groups in total. The fourth-order valence-electron chi connectivity index (χ4n) is 11.8. The summed E-state index contributed by atoms with van der Waals surface area (Å²) in [5, 5.41) is 56.7. The first kappa shape index (κ1) is 76.8. The molecular formula is C74H92N12O14. The van der Waals surface area contributed by atoms with Crippen molar-refractivity contribution in [2.75, 3.05) is 26.2 Å². The van der Waals surface area contributed by atoms with Crippen molar-refractivity contribution in [2.45, 2.75) is 158 Å². The van der Waals surface area contributed by atoms with Crippen molar-refractivity contribution in [2.24, 2.45) is 11.5 Å². The number of aliphatic carboxylic acids is 1. The van der Waals surface area contributed by atoms with Gasteiger partial charge in [-0.05, 0) is 122 Å². The smallest absolute Gasteiger partial charge is 0.325 e. The quantitative estimate of drug-likeness (QED) is 0.0246. The third kappa shape index (κ3) is 23.9. The van der Waals surface area contributed by atoms with Gasteiger partial charge in [0.25, 0.3) is 0 Å². The third-order valence-electron chi connectivity index (χ3n) is 17.2. The topological polar surface area (TPSA) is 412 Å². The first-order chi connectivity index (χ1) is 48.1. The fraction of sp³-hybridized carbons (Fsp3) is 0.392. The van der Waals surface area contributed by atoms with Gasteiger partial charge in [0.15, 0.2) is 0 Å². The Balaban J connectivity index is 1.12. The molecule has 10 atom stereocenters. The average molecular weight is 1370 g/mol. The van der Waals surface area contributed by atoms with Gasteiger partial charge in [0.1, 0.15) is 66.2 Å². The number of nitrogens with one attached hydrogen (secondary N) is 9. The minimum absolute atomic E-state index is 0.0334. The molecule has 0 aliphatic carbocycles. The predicted octanol–water partition coefficient (Wildman–Crippen LogP) is 1.79. The number of rotatable bonds is 38. The lowest BCUT2D eigenvalue weighted by molar-refractivity contribution is -0.144. The summed E-state index contributed by atoms with van der Waals surface area (Å²) in [6, 6.07) is 31.5. The monoisotopic (exact) mass is 1370 g/mol. The number of hydrogen-bond donors (Lipinski definition) is 14. The van der Waals surface area contributed by atoms with Crippen LogP contribution in [0.5, 0.6) is 5.75 Å². The predicted molar refractivity (Wildman–Crippen MR) is 374 cm³/mol. The number of aromatic hydroxyl groups is 1. The normalized spacial score (nSPS) is 15.3. The van der Waals surface area contributed by atoms with Gasteiger partial charge in [0.2, 0.25) is 59.1 Å². The number of benzene rings is 6. The number of nitrogens with two attached hydrogens (primary N) is 2. The molecule has 6 aromatic carbocycles. The van der Waals surface area contributed by atoms with E-state index >= 15 is 0 Å².